The monoisotopic (exact) mass is 396 g/mol. The number of rotatable bonds is 2. The number of aryl methyl sites for hydroxylation is 1. The summed E-state index contributed by atoms with van der Waals surface area (Å²) in [6, 6.07) is 7.92. The molecule has 2 aromatic rings. The molecule has 0 atom stereocenters. The second kappa shape index (κ2) is 12.0. The maximum Gasteiger partial charge on any atom is 0.272 e. The average molecular weight is 397 g/mol. The van der Waals surface area contributed by atoms with E-state index in [4.69, 9.17) is 4.99 Å². The van der Waals surface area contributed by atoms with Crippen LogP contribution in [0.2, 0.25) is 0 Å². The number of benzene rings is 1. The van der Waals surface area contributed by atoms with E-state index >= 15 is 0 Å². The van der Waals surface area contributed by atoms with Gasteiger partial charge in [0.1, 0.15) is 11.4 Å². The smallest absolute Gasteiger partial charge is 0.272 e. The van der Waals surface area contributed by atoms with Crippen LogP contribution in [0.25, 0.3) is 5.69 Å². The van der Waals surface area contributed by atoms with Gasteiger partial charge in [-0.25, -0.2) is 4.98 Å². The van der Waals surface area contributed by atoms with Crippen LogP contribution in [0, 0.1) is 6.92 Å². The lowest BCUT2D eigenvalue weighted by Gasteiger charge is -2.18. The Morgan fingerprint density at radius 1 is 1.10 bits per heavy atom. The van der Waals surface area contributed by atoms with Crippen LogP contribution >= 0.6 is 0 Å². The van der Waals surface area contributed by atoms with Gasteiger partial charge in [0, 0.05) is 23.1 Å². The van der Waals surface area contributed by atoms with Crippen LogP contribution in [0.1, 0.15) is 71.6 Å². The number of aliphatic imine (C=N–C) groups is 1. The molecule has 5 heteroatoms. The molecule has 1 spiro atoms. The number of hydrogen-bond acceptors (Lipinski definition) is 3. The number of aromatic nitrogens is 2. The third kappa shape index (κ3) is 5.89. The van der Waals surface area contributed by atoms with Crippen molar-refractivity contribution in [1.29, 1.82) is 0 Å². The third-order valence-corrected chi connectivity index (χ3v) is 4.56. The first-order chi connectivity index (χ1) is 14.1. The van der Waals surface area contributed by atoms with E-state index in [0.717, 1.165) is 42.6 Å². The number of imidazole rings is 1. The Bertz CT molecular complexity index is 797. The summed E-state index contributed by atoms with van der Waals surface area (Å²) in [5.74, 6) is -0.0477. The third-order valence-electron chi connectivity index (χ3n) is 4.56. The molecule has 1 fully saturated rings. The van der Waals surface area contributed by atoms with Crippen LogP contribution < -0.4 is 5.32 Å². The van der Waals surface area contributed by atoms with E-state index < -0.39 is 0 Å². The summed E-state index contributed by atoms with van der Waals surface area (Å²) in [5, 5.41) is 3.07. The molecule has 1 aromatic heterocycles. The molecule has 0 saturated heterocycles. The first kappa shape index (κ1) is 24.3. The van der Waals surface area contributed by atoms with Gasteiger partial charge in [-0.15, -0.1) is 6.58 Å². The predicted octanol–water partition coefficient (Wildman–Crippen LogP) is 5.61. The molecular weight excluding hydrogens is 360 g/mol. The van der Waals surface area contributed by atoms with Crippen molar-refractivity contribution in [1.82, 2.24) is 14.9 Å². The Kier molecular flexibility index (Phi) is 10.1. The molecule has 4 rings (SSSR count). The van der Waals surface area contributed by atoms with Gasteiger partial charge >= 0.3 is 0 Å². The van der Waals surface area contributed by atoms with Crippen molar-refractivity contribution in [2.24, 2.45) is 4.99 Å². The van der Waals surface area contributed by atoms with E-state index in [1.54, 1.807) is 12.4 Å². The molecule has 2 heterocycles. The largest absolute Gasteiger partial charge is 0.326 e. The van der Waals surface area contributed by atoms with Crippen LogP contribution in [0.4, 0.5) is 0 Å². The minimum atomic E-state index is -0.327. The SMILES string of the molecule is C=CC.CC.CC.Cc1cncn1-c1ccc(C2=NC3(CCCC3)NC2=O)cc1. The molecule has 0 bridgehead atoms. The fourth-order valence-corrected chi connectivity index (χ4v) is 3.37. The van der Waals surface area contributed by atoms with E-state index in [2.05, 4.69) is 16.9 Å². The predicted molar refractivity (Wildman–Crippen MR) is 123 cm³/mol. The summed E-state index contributed by atoms with van der Waals surface area (Å²) in [7, 11) is 0. The van der Waals surface area contributed by atoms with Crippen LogP contribution in [-0.2, 0) is 4.79 Å². The minimum absolute atomic E-state index is 0.0477. The molecule has 1 aromatic carbocycles. The van der Waals surface area contributed by atoms with Crippen LogP contribution in [0.3, 0.4) is 0 Å². The van der Waals surface area contributed by atoms with Gasteiger partial charge in [0.2, 0.25) is 0 Å². The molecule has 158 valence electrons. The highest BCUT2D eigenvalue weighted by Crippen LogP contribution is 2.34. The fraction of sp³-hybridized carbons (Fsp3) is 0.458. The van der Waals surface area contributed by atoms with E-state index in [1.165, 1.54) is 0 Å². The lowest BCUT2D eigenvalue weighted by atomic mass is 10.1. The van der Waals surface area contributed by atoms with Crippen LogP contribution in [0.5, 0.6) is 0 Å². The normalized spacial score (nSPS) is 15.7. The Morgan fingerprint density at radius 2 is 1.66 bits per heavy atom. The van der Waals surface area contributed by atoms with E-state index in [9.17, 15) is 4.79 Å². The highest BCUT2D eigenvalue weighted by Gasteiger charge is 2.41. The maximum atomic E-state index is 12.2. The van der Waals surface area contributed by atoms with Gasteiger partial charge in [0.05, 0.1) is 6.33 Å². The summed E-state index contributed by atoms with van der Waals surface area (Å²) in [6.07, 6.45) is 9.54. The number of carbonyl (C=O) groups is 1. The highest BCUT2D eigenvalue weighted by atomic mass is 16.2. The number of amides is 1. The molecule has 29 heavy (non-hydrogen) atoms. The van der Waals surface area contributed by atoms with Crippen molar-refractivity contribution in [2.45, 2.75) is 72.9 Å². The molecular formula is C24H36N4O. The maximum absolute atomic E-state index is 12.2. The van der Waals surface area contributed by atoms with E-state index in [0.29, 0.717) is 5.71 Å². The molecule has 0 unspecified atom stereocenters. The number of nitrogens with zero attached hydrogens (tertiary/aromatic N) is 3. The van der Waals surface area contributed by atoms with Gasteiger partial charge < -0.3 is 9.88 Å². The Morgan fingerprint density at radius 3 is 2.14 bits per heavy atom. The lowest BCUT2D eigenvalue weighted by Crippen LogP contribution is -2.39. The minimum Gasteiger partial charge on any atom is -0.326 e. The van der Waals surface area contributed by atoms with Crippen molar-refractivity contribution in [2.75, 3.05) is 0 Å². The summed E-state index contributed by atoms with van der Waals surface area (Å²) >= 11 is 0. The van der Waals surface area contributed by atoms with E-state index in [1.807, 2.05) is 76.6 Å². The van der Waals surface area contributed by atoms with Gasteiger partial charge in [0.15, 0.2) is 0 Å². The van der Waals surface area contributed by atoms with Gasteiger partial charge in [-0.1, -0.05) is 45.9 Å². The molecule has 2 aliphatic rings. The lowest BCUT2D eigenvalue weighted by molar-refractivity contribution is -0.115. The molecule has 1 aliphatic carbocycles. The fourth-order valence-electron chi connectivity index (χ4n) is 3.37. The summed E-state index contributed by atoms with van der Waals surface area (Å²) in [5.41, 5.74) is 3.23. The van der Waals surface area contributed by atoms with Gasteiger partial charge in [-0.3, -0.25) is 9.79 Å². The van der Waals surface area contributed by atoms with Crippen molar-refractivity contribution >= 4 is 11.6 Å². The Hall–Kier alpha value is -2.69. The zero-order chi connectivity index (χ0) is 21.9. The second-order valence-corrected chi connectivity index (χ2v) is 6.51. The number of hydrogen-bond donors (Lipinski definition) is 1. The van der Waals surface area contributed by atoms with Gasteiger partial charge in [0.25, 0.3) is 5.91 Å². The number of carbonyl (C=O) groups excluding carboxylic acids is 1. The summed E-state index contributed by atoms with van der Waals surface area (Å²) in [4.78, 5) is 21.1. The van der Waals surface area contributed by atoms with Crippen molar-refractivity contribution in [3.63, 3.8) is 0 Å². The topological polar surface area (TPSA) is 59.3 Å². The Labute approximate surface area is 176 Å². The van der Waals surface area contributed by atoms with Crippen LogP contribution in [0.15, 0.2) is 54.4 Å². The second-order valence-electron chi connectivity index (χ2n) is 6.51. The molecule has 1 aliphatic heterocycles. The standard InChI is InChI=1S/C17H18N4O.C3H6.2C2H6/c1-12-10-18-11-21(12)14-6-4-13(5-7-14)15-16(22)20-17(19-15)8-2-3-9-17;1-3-2;2*1-2/h4-7,10-11H,2-3,8-9H2,1H3,(H,20,22);3H,1H2,2H3;2*1-2H3. The van der Waals surface area contributed by atoms with Gasteiger partial charge in [-0.2, -0.15) is 0 Å². The van der Waals surface area contributed by atoms with Crippen LogP contribution in [-0.4, -0.2) is 26.8 Å². The first-order valence-corrected chi connectivity index (χ1v) is 10.7. The van der Waals surface area contributed by atoms with Crippen molar-refractivity contribution < 1.29 is 4.79 Å². The molecule has 1 amide bonds. The molecule has 1 N–H and O–H groups in total. The highest BCUT2D eigenvalue weighted by molar-refractivity contribution is 6.46. The molecule has 5 nitrogen and oxygen atoms in total. The zero-order valence-electron chi connectivity index (χ0n) is 18.8. The van der Waals surface area contributed by atoms with Gasteiger partial charge in [-0.05, 0) is 51.7 Å². The molecule has 1 saturated carbocycles. The first-order valence-electron chi connectivity index (χ1n) is 10.7. The van der Waals surface area contributed by atoms with Crippen molar-refractivity contribution in [3.8, 4) is 5.69 Å². The number of allylic oxidation sites excluding steroid dienone is 1. The Balaban J connectivity index is 0.000000540. The average Bonchev–Trinajstić information content (AvgIpc) is 3.47. The molecule has 0 radical (unpaired) electrons. The summed E-state index contributed by atoms with van der Waals surface area (Å²) < 4.78 is 2.01. The zero-order valence-corrected chi connectivity index (χ0v) is 18.8. The van der Waals surface area contributed by atoms with Crippen molar-refractivity contribution in [3.05, 3.63) is 60.7 Å². The summed E-state index contributed by atoms with van der Waals surface area (Å²) in [6.45, 7) is 15.3. The quantitative estimate of drug-likeness (QED) is 0.670. The number of nitrogens with one attached hydrogen (secondary N) is 1. The van der Waals surface area contributed by atoms with E-state index in [-0.39, 0.29) is 11.6 Å².